The van der Waals surface area contributed by atoms with Crippen LogP contribution in [0.3, 0.4) is 0 Å². The number of aromatic nitrogens is 2. The first kappa shape index (κ1) is 13.1. The maximum absolute atomic E-state index is 12.7. The highest BCUT2D eigenvalue weighted by molar-refractivity contribution is 6.04. The predicted octanol–water partition coefficient (Wildman–Crippen LogP) is 1.73. The van der Waals surface area contributed by atoms with Crippen molar-refractivity contribution in [1.82, 2.24) is 20.0 Å². The zero-order valence-corrected chi connectivity index (χ0v) is 12.0. The van der Waals surface area contributed by atoms with Crippen molar-refractivity contribution >= 4 is 16.8 Å². The fraction of sp³-hybridized carbons (Fsp3) is 0.467. The zero-order valence-electron chi connectivity index (χ0n) is 12.0. The number of carbonyl (C=O) groups is 1. The number of aromatic amines is 1. The van der Waals surface area contributed by atoms with Crippen LogP contribution >= 0.6 is 0 Å². The number of hydrogen-bond donors (Lipinski definition) is 1. The van der Waals surface area contributed by atoms with Crippen LogP contribution in [0.2, 0.25) is 0 Å². The summed E-state index contributed by atoms with van der Waals surface area (Å²) in [6.45, 7) is 4.64. The third-order valence-electron chi connectivity index (χ3n) is 4.21. The average molecular weight is 272 g/mol. The van der Waals surface area contributed by atoms with Crippen LogP contribution in [0.4, 0.5) is 0 Å². The van der Waals surface area contributed by atoms with Gasteiger partial charge in [-0.2, -0.15) is 5.10 Å². The molecule has 1 unspecified atom stereocenters. The molecule has 2 aromatic rings. The van der Waals surface area contributed by atoms with E-state index in [0.29, 0.717) is 11.7 Å². The van der Waals surface area contributed by atoms with Crippen molar-refractivity contribution in [3.05, 3.63) is 30.0 Å². The number of benzene rings is 1. The van der Waals surface area contributed by atoms with Gasteiger partial charge in [0.2, 0.25) is 0 Å². The molecule has 1 saturated heterocycles. The van der Waals surface area contributed by atoms with Crippen molar-refractivity contribution in [2.45, 2.75) is 19.4 Å². The van der Waals surface area contributed by atoms with E-state index in [-0.39, 0.29) is 5.91 Å². The molecule has 1 N–H and O–H groups in total. The van der Waals surface area contributed by atoms with Gasteiger partial charge in [-0.3, -0.25) is 14.8 Å². The van der Waals surface area contributed by atoms with Gasteiger partial charge in [0, 0.05) is 31.1 Å². The Balaban J connectivity index is 1.85. The maximum Gasteiger partial charge on any atom is 0.275 e. The molecule has 3 rings (SSSR count). The number of fused-ring (bicyclic) bond motifs is 1. The van der Waals surface area contributed by atoms with Crippen LogP contribution in [0, 0.1) is 0 Å². The Morgan fingerprint density at radius 3 is 3.00 bits per heavy atom. The van der Waals surface area contributed by atoms with Crippen LogP contribution in [0.15, 0.2) is 24.3 Å². The van der Waals surface area contributed by atoms with E-state index in [1.165, 1.54) is 0 Å². The number of likely N-dealkylation sites (N-methyl/N-ethyl adjacent to an activating group) is 1. The highest BCUT2D eigenvalue weighted by Gasteiger charge is 2.28. The van der Waals surface area contributed by atoms with Gasteiger partial charge in [-0.05, 0) is 19.5 Å². The van der Waals surface area contributed by atoms with E-state index in [2.05, 4.69) is 29.1 Å². The Morgan fingerprint density at radius 2 is 2.20 bits per heavy atom. The number of nitrogens with one attached hydrogen (secondary N) is 1. The van der Waals surface area contributed by atoms with Gasteiger partial charge >= 0.3 is 0 Å². The first-order chi connectivity index (χ1) is 9.70. The molecule has 1 atom stereocenters. The summed E-state index contributed by atoms with van der Waals surface area (Å²) < 4.78 is 0. The van der Waals surface area contributed by atoms with Gasteiger partial charge in [0.25, 0.3) is 5.91 Å². The van der Waals surface area contributed by atoms with E-state index in [1.807, 2.05) is 29.2 Å². The molecular formula is C15H20N4O. The minimum atomic E-state index is 0.0361. The minimum Gasteiger partial charge on any atom is -0.334 e. The molecule has 0 spiro atoms. The first-order valence-corrected chi connectivity index (χ1v) is 7.13. The fourth-order valence-corrected chi connectivity index (χ4v) is 2.85. The van der Waals surface area contributed by atoms with Crippen LogP contribution in [0.5, 0.6) is 0 Å². The molecule has 5 nitrogen and oxygen atoms in total. The molecule has 20 heavy (non-hydrogen) atoms. The summed E-state index contributed by atoms with van der Waals surface area (Å²) in [4.78, 5) is 16.9. The summed E-state index contributed by atoms with van der Waals surface area (Å²) in [5, 5.41) is 8.05. The molecule has 1 aliphatic heterocycles. The van der Waals surface area contributed by atoms with Crippen molar-refractivity contribution in [3.63, 3.8) is 0 Å². The van der Waals surface area contributed by atoms with E-state index in [9.17, 15) is 4.79 Å². The molecule has 5 heteroatoms. The van der Waals surface area contributed by atoms with Crippen molar-refractivity contribution in [2.75, 3.05) is 26.7 Å². The third kappa shape index (κ3) is 2.18. The van der Waals surface area contributed by atoms with Crippen LogP contribution in [-0.2, 0) is 0 Å². The summed E-state index contributed by atoms with van der Waals surface area (Å²) in [7, 11) is 2.12. The second-order valence-corrected chi connectivity index (χ2v) is 5.41. The number of amides is 1. The van der Waals surface area contributed by atoms with Crippen LogP contribution < -0.4 is 0 Å². The second kappa shape index (κ2) is 5.25. The van der Waals surface area contributed by atoms with E-state index in [0.717, 1.165) is 37.0 Å². The number of nitrogens with zero attached hydrogens (tertiary/aromatic N) is 3. The summed E-state index contributed by atoms with van der Waals surface area (Å²) in [6.07, 6.45) is 1.06. The van der Waals surface area contributed by atoms with E-state index in [4.69, 9.17) is 0 Å². The molecule has 1 aromatic heterocycles. The molecule has 106 valence electrons. The monoisotopic (exact) mass is 272 g/mol. The van der Waals surface area contributed by atoms with Gasteiger partial charge < -0.3 is 4.90 Å². The number of piperazine rings is 1. The van der Waals surface area contributed by atoms with E-state index in [1.54, 1.807) is 0 Å². The lowest BCUT2D eigenvalue weighted by molar-refractivity contribution is 0.0538. The quantitative estimate of drug-likeness (QED) is 0.906. The predicted molar refractivity (Wildman–Crippen MR) is 78.7 cm³/mol. The SMILES string of the molecule is CCC1CN(C(=O)c2n[nH]c3ccccc23)CCN1C. The normalized spacial score (nSPS) is 20.5. The molecule has 1 aliphatic rings. The molecule has 1 aromatic carbocycles. The van der Waals surface area contributed by atoms with Gasteiger partial charge in [-0.25, -0.2) is 0 Å². The number of rotatable bonds is 2. The summed E-state index contributed by atoms with van der Waals surface area (Å²) in [5.74, 6) is 0.0361. The zero-order chi connectivity index (χ0) is 14.1. The summed E-state index contributed by atoms with van der Waals surface area (Å²) >= 11 is 0. The minimum absolute atomic E-state index is 0.0361. The Labute approximate surface area is 118 Å². The van der Waals surface area contributed by atoms with Gasteiger partial charge in [0.1, 0.15) is 0 Å². The lowest BCUT2D eigenvalue weighted by Crippen LogP contribution is -2.53. The molecule has 0 aliphatic carbocycles. The van der Waals surface area contributed by atoms with Gasteiger partial charge in [-0.15, -0.1) is 0 Å². The smallest absolute Gasteiger partial charge is 0.275 e. The lowest BCUT2D eigenvalue weighted by atomic mass is 10.1. The molecule has 2 heterocycles. The van der Waals surface area contributed by atoms with Gasteiger partial charge in [0.05, 0.1) is 5.52 Å². The summed E-state index contributed by atoms with van der Waals surface area (Å²) in [6, 6.07) is 8.21. The van der Waals surface area contributed by atoms with Crippen LogP contribution in [-0.4, -0.2) is 58.6 Å². The van der Waals surface area contributed by atoms with Crippen LogP contribution in [0.25, 0.3) is 10.9 Å². The maximum atomic E-state index is 12.7. The first-order valence-electron chi connectivity index (χ1n) is 7.13. The largest absolute Gasteiger partial charge is 0.334 e. The Morgan fingerprint density at radius 1 is 1.40 bits per heavy atom. The van der Waals surface area contributed by atoms with Crippen molar-refractivity contribution in [1.29, 1.82) is 0 Å². The summed E-state index contributed by atoms with van der Waals surface area (Å²) in [5.41, 5.74) is 1.46. The lowest BCUT2D eigenvalue weighted by Gasteiger charge is -2.38. The highest BCUT2D eigenvalue weighted by atomic mass is 16.2. The Bertz CT molecular complexity index is 621. The fourth-order valence-electron chi connectivity index (χ4n) is 2.85. The molecule has 1 fully saturated rings. The number of H-pyrrole nitrogens is 1. The number of carbonyl (C=O) groups excluding carboxylic acids is 1. The molecular weight excluding hydrogens is 252 g/mol. The van der Waals surface area contributed by atoms with Crippen molar-refractivity contribution in [3.8, 4) is 0 Å². The number of hydrogen-bond acceptors (Lipinski definition) is 3. The van der Waals surface area contributed by atoms with Crippen LogP contribution in [0.1, 0.15) is 23.8 Å². The molecule has 0 radical (unpaired) electrons. The van der Waals surface area contributed by atoms with Gasteiger partial charge in [0.15, 0.2) is 5.69 Å². The van der Waals surface area contributed by atoms with E-state index >= 15 is 0 Å². The number of para-hydroxylation sites is 1. The molecule has 0 saturated carbocycles. The topological polar surface area (TPSA) is 52.2 Å². The Kier molecular flexibility index (Phi) is 3.44. The third-order valence-corrected chi connectivity index (χ3v) is 4.21. The Hall–Kier alpha value is -1.88. The van der Waals surface area contributed by atoms with Crippen molar-refractivity contribution in [2.24, 2.45) is 0 Å². The van der Waals surface area contributed by atoms with Gasteiger partial charge in [-0.1, -0.05) is 25.1 Å². The average Bonchev–Trinajstić information content (AvgIpc) is 2.91. The van der Waals surface area contributed by atoms with Crippen molar-refractivity contribution < 1.29 is 4.79 Å². The van der Waals surface area contributed by atoms with E-state index < -0.39 is 0 Å². The standard InChI is InChI=1S/C15H20N4O/c1-3-11-10-19(9-8-18(11)2)15(20)14-12-6-4-5-7-13(12)16-17-14/h4-7,11H,3,8-10H2,1-2H3,(H,16,17). The highest BCUT2D eigenvalue weighted by Crippen LogP contribution is 2.19. The molecule has 0 bridgehead atoms. The second-order valence-electron chi connectivity index (χ2n) is 5.41. The molecule has 1 amide bonds.